The Morgan fingerprint density at radius 1 is 1.28 bits per heavy atom. The number of hydrogen-bond acceptors (Lipinski definition) is 3. The molecule has 0 amide bonds. The third-order valence-electron chi connectivity index (χ3n) is 2.83. The average Bonchev–Trinajstić information content (AvgIpc) is 2.75. The van der Waals surface area contributed by atoms with Crippen molar-refractivity contribution in [3.8, 4) is 0 Å². The van der Waals surface area contributed by atoms with E-state index in [9.17, 15) is 0 Å². The maximum absolute atomic E-state index is 5.68. The summed E-state index contributed by atoms with van der Waals surface area (Å²) in [5.41, 5.74) is 5.32. The lowest BCUT2D eigenvalue weighted by atomic mass is 10.0. The van der Waals surface area contributed by atoms with E-state index in [4.69, 9.17) is 5.84 Å². The molecule has 2 aromatic rings. The first-order chi connectivity index (χ1) is 8.60. The number of aryl methyl sites for hydroxylation is 1. The molecule has 18 heavy (non-hydrogen) atoms. The van der Waals surface area contributed by atoms with E-state index in [1.165, 1.54) is 16.0 Å². The zero-order valence-electron chi connectivity index (χ0n) is 9.91. The van der Waals surface area contributed by atoms with Crippen LogP contribution in [0.15, 0.2) is 38.6 Å². The van der Waals surface area contributed by atoms with Crippen molar-refractivity contribution in [2.75, 3.05) is 0 Å². The summed E-state index contributed by atoms with van der Waals surface area (Å²) in [6, 6.07) is 10.7. The van der Waals surface area contributed by atoms with Crippen molar-refractivity contribution in [2.24, 2.45) is 5.84 Å². The van der Waals surface area contributed by atoms with Crippen LogP contribution in [-0.2, 0) is 6.42 Å². The van der Waals surface area contributed by atoms with Crippen molar-refractivity contribution >= 4 is 43.2 Å². The lowest BCUT2D eigenvalue weighted by Gasteiger charge is -2.16. The highest BCUT2D eigenvalue weighted by atomic mass is 79.9. The lowest BCUT2D eigenvalue weighted by molar-refractivity contribution is 0.555. The predicted molar refractivity (Wildman–Crippen MR) is 84.7 cm³/mol. The SMILES string of the molecule is Cc1ccc(C(Cc2ccc(Br)s2)NN)cc1Br. The molecule has 0 aliphatic rings. The largest absolute Gasteiger partial charge is 0.271 e. The van der Waals surface area contributed by atoms with Crippen LogP contribution in [0.5, 0.6) is 0 Å². The van der Waals surface area contributed by atoms with E-state index in [0.29, 0.717) is 0 Å². The number of hydrazine groups is 1. The van der Waals surface area contributed by atoms with Gasteiger partial charge in [-0.3, -0.25) is 11.3 Å². The molecule has 0 fully saturated rings. The number of benzene rings is 1. The molecule has 1 heterocycles. The standard InChI is InChI=1S/C13H14Br2N2S/c1-8-2-3-9(6-11(8)14)12(17-16)7-10-4-5-13(15)18-10/h2-6,12,17H,7,16H2,1H3. The second-order valence-electron chi connectivity index (χ2n) is 4.14. The fraction of sp³-hybridized carbons (Fsp3) is 0.231. The molecule has 1 aromatic heterocycles. The van der Waals surface area contributed by atoms with Crippen LogP contribution < -0.4 is 11.3 Å². The minimum atomic E-state index is 0.132. The van der Waals surface area contributed by atoms with Crippen molar-refractivity contribution in [1.29, 1.82) is 0 Å². The fourth-order valence-electron chi connectivity index (χ4n) is 1.76. The van der Waals surface area contributed by atoms with Gasteiger partial charge in [-0.1, -0.05) is 28.1 Å². The van der Waals surface area contributed by atoms with Crippen molar-refractivity contribution in [3.05, 3.63) is 54.6 Å². The lowest BCUT2D eigenvalue weighted by Crippen LogP contribution is -2.29. The van der Waals surface area contributed by atoms with Crippen LogP contribution >= 0.6 is 43.2 Å². The van der Waals surface area contributed by atoms with E-state index < -0.39 is 0 Å². The molecule has 96 valence electrons. The third-order valence-corrected chi connectivity index (χ3v) is 5.33. The van der Waals surface area contributed by atoms with Crippen molar-refractivity contribution in [1.82, 2.24) is 5.43 Å². The van der Waals surface area contributed by atoms with Crippen LogP contribution in [0.2, 0.25) is 0 Å². The predicted octanol–water partition coefficient (Wildman–Crippen LogP) is 4.33. The quantitative estimate of drug-likeness (QED) is 0.603. The molecule has 0 bridgehead atoms. The zero-order chi connectivity index (χ0) is 13.1. The molecule has 2 rings (SSSR count). The van der Waals surface area contributed by atoms with Crippen LogP contribution in [0.4, 0.5) is 0 Å². The second kappa shape index (κ2) is 6.30. The molecule has 3 N–H and O–H groups in total. The number of nitrogens with one attached hydrogen (secondary N) is 1. The fourth-order valence-corrected chi connectivity index (χ4v) is 3.69. The average molecular weight is 390 g/mol. The van der Waals surface area contributed by atoms with Crippen LogP contribution in [0.3, 0.4) is 0 Å². The molecular weight excluding hydrogens is 376 g/mol. The van der Waals surface area contributed by atoms with Crippen molar-refractivity contribution < 1.29 is 0 Å². The molecule has 0 spiro atoms. The Morgan fingerprint density at radius 3 is 2.61 bits per heavy atom. The maximum atomic E-state index is 5.68. The molecule has 5 heteroatoms. The number of halogens is 2. The Balaban J connectivity index is 2.19. The number of thiophene rings is 1. The van der Waals surface area contributed by atoms with Gasteiger partial charge in [-0.25, -0.2) is 0 Å². The van der Waals surface area contributed by atoms with E-state index >= 15 is 0 Å². The molecule has 0 aliphatic carbocycles. The highest BCUT2D eigenvalue weighted by Gasteiger charge is 2.12. The number of rotatable bonds is 4. The van der Waals surface area contributed by atoms with Gasteiger partial charge >= 0.3 is 0 Å². The number of hydrogen-bond donors (Lipinski definition) is 2. The van der Waals surface area contributed by atoms with Gasteiger partial charge in [-0.05, 0) is 52.2 Å². The molecule has 2 nitrogen and oxygen atoms in total. The smallest absolute Gasteiger partial charge is 0.0701 e. The first-order valence-corrected chi connectivity index (χ1v) is 7.97. The van der Waals surface area contributed by atoms with Crippen LogP contribution in [-0.4, -0.2) is 0 Å². The summed E-state index contributed by atoms with van der Waals surface area (Å²) in [5.74, 6) is 5.68. The zero-order valence-corrected chi connectivity index (χ0v) is 13.9. The molecule has 0 radical (unpaired) electrons. The maximum Gasteiger partial charge on any atom is 0.0701 e. The molecule has 1 unspecified atom stereocenters. The monoisotopic (exact) mass is 388 g/mol. The molecule has 0 saturated carbocycles. The Labute approximate surface area is 128 Å². The van der Waals surface area contributed by atoms with Gasteiger partial charge in [0.2, 0.25) is 0 Å². The van der Waals surface area contributed by atoms with E-state index in [1.54, 1.807) is 11.3 Å². The Bertz CT molecular complexity index is 540. The highest BCUT2D eigenvalue weighted by Crippen LogP contribution is 2.28. The van der Waals surface area contributed by atoms with Gasteiger partial charge in [0.25, 0.3) is 0 Å². The summed E-state index contributed by atoms with van der Waals surface area (Å²) >= 11 is 8.78. The highest BCUT2D eigenvalue weighted by molar-refractivity contribution is 9.11. The van der Waals surface area contributed by atoms with E-state index in [1.807, 2.05) is 0 Å². The first-order valence-electron chi connectivity index (χ1n) is 5.56. The van der Waals surface area contributed by atoms with Crippen molar-refractivity contribution in [2.45, 2.75) is 19.4 Å². The van der Waals surface area contributed by atoms with Gasteiger partial charge in [0, 0.05) is 15.8 Å². The molecular formula is C13H14Br2N2S. The normalized spacial score (nSPS) is 12.7. The summed E-state index contributed by atoms with van der Waals surface area (Å²) in [4.78, 5) is 1.31. The first kappa shape index (κ1) is 14.2. The topological polar surface area (TPSA) is 38.0 Å². The molecule has 0 aliphatic heterocycles. The Kier molecular flexibility index (Phi) is 4.98. The van der Waals surface area contributed by atoms with E-state index in [0.717, 1.165) is 14.7 Å². The minimum Gasteiger partial charge on any atom is -0.271 e. The second-order valence-corrected chi connectivity index (χ2v) is 7.54. The summed E-state index contributed by atoms with van der Waals surface area (Å²) in [6.45, 7) is 2.08. The summed E-state index contributed by atoms with van der Waals surface area (Å²) in [7, 11) is 0. The summed E-state index contributed by atoms with van der Waals surface area (Å²) in [6.07, 6.45) is 0.891. The molecule has 1 aromatic carbocycles. The van der Waals surface area contributed by atoms with Crippen molar-refractivity contribution in [3.63, 3.8) is 0 Å². The van der Waals surface area contributed by atoms with Gasteiger partial charge in [0.1, 0.15) is 0 Å². The summed E-state index contributed by atoms with van der Waals surface area (Å²) < 4.78 is 2.27. The summed E-state index contributed by atoms with van der Waals surface area (Å²) in [5, 5.41) is 0. The van der Waals surface area contributed by atoms with Crippen LogP contribution in [0.1, 0.15) is 22.0 Å². The van der Waals surface area contributed by atoms with E-state index in [2.05, 4.69) is 74.5 Å². The van der Waals surface area contributed by atoms with E-state index in [-0.39, 0.29) is 6.04 Å². The van der Waals surface area contributed by atoms with Gasteiger partial charge < -0.3 is 0 Å². The number of nitrogens with two attached hydrogens (primary N) is 1. The molecule has 0 saturated heterocycles. The minimum absolute atomic E-state index is 0.132. The van der Waals surface area contributed by atoms with Gasteiger partial charge in [-0.2, -0.15) is 0 Å². The van der Waals surface area contributed by atoms with Crippen LogP contribution in [0.25, 0.3) is 0 Å². The third kappa shape index (κ3) is 3.42. The van der Waals surface area contributed by atoms with Crippen LogP contribution in [0, 0.1) is 6.92 Å². The van der Waals surface area contributed by atoms with Gasteiger partial charge in [0.05, 0.1) is 9.83 Å². The Morgan fingerprint density at radius 2 is 2.06 bits per heavy atom. The van der Waals surface area contributed by atoms with Gasteiger partial charge in [-0.15, -0.1) is 11.3 Å². The molecule has 1 atom stereocenters. The van der Waals surface area contributed by atoms with Gasteiger partial charge in [0.15, 0.2) is 0 Å². The Hall–Kier alpha value is -0.200.